The molecule has 7 heteroatoms. The number of halogens is 1. The Kier molecular flexibility index (Phi) is 6.17. The van der Waals surface area contributed by atoms with Crippen molar-refractivity contribution in [3.63, 3.8) is 0 Å². The lowest BCUT2D eigenvalue weighted by Gasteiger charge is -2.35. The molecule has 0 aliphatic heterocycles. The zero-order chi connectivity index (χ0) is 22.7. The van der Waals surface area contributed by atoms with Gasteiger partial charge in [-0.2, -0.15) is 0 Å². The van der Waals surface area contributed by atoms with Gasteiger partial charge in [-0.15, -0.1) is 0 Å². The molecule has 3 aromatic rings. The summed E-state index contributed by atoms with van der Waals surface area (Å²) in [7, 11) is 0. The molecule has 168 valence electrons. The maximum Gasteiger partial charge on any atom is 0.407 e. The molecular weight excluding hydrogens is 411 g/mol. The van der Waals surface area contributed by atoms with E-state index in [-0.39, 0.29) is 24.9 Å². The van der Waals surface area contributed by atoms with Gasteiger partial charge in [0.05, 0.1) is 6.61 Å². The maximum absolute atomic E-state index is 14.1. The van der Waals surface area contributed by atoms with Crippen LogP contribution in [0.5, 0.6) is 0 Å². The number of nitrogens with one attached hydrogen (secondary N) is 1. The van der Waals surface area contributed by atoms with Gasteiger partial charge in [-0.3, -0.25) is 4.79 Å². The lowest BCUT2D eigenvalue weighted by molar-refractivity contribution is -0.143. The van der Waals surface area contributed by atoms with Crippen LogP contribution in [0.25, 0.3) is 10.9 Å². The van der Waals surface area contributed by atoms with E-state index in [4.69, 9.17) is 9.47 Å². The van der Waals surface area contributed by atoms with Crippen molar-refractivity contribution >= 4 is 23.0 Å². The first-order chi connectivity index (χ1) is 15.4. The molecular formula is C25H27FN2O4. The largest absolute Gasteiger partial charge is 0.465 e. The second kappa shape index (κ2) is 9.02. The minimum Gasteiger partial charge on any atom is -0.465 e. The van der Waals surface area contributed by atoms with Crippen molar-refractivity contribution in [2.75, 3.05) is 6.61 Å². The number of ether oxygens (including phenoxy) is 2. The van der Waals surface area contributed by atoms with Gasteiger partial charge in [-0.25, -0.2) is 9.18 Å². The Morgan fingerprint density at radius 2 is 1.94 bits per heavy atom. The molecule has 1 aliphatic rings. The topological polar surface area (TPSA) is 69.6 Å². The lowest BCUT2D eigenvalue weighted by Crippen LogP contribution is -2.50. The SMILES string of the molecule is CCOC(=O)Cn1c2c(c3cc(F)ccc31)C[C@](C)(NC(=O)OCc1ccccc1)CC2. The first kappa shape index (κ1) is 21.9. The third-order valence-electron chi connectivity index (χ3n) is 5.94. The quantitative estimate of drug-likeness (QED) is 0.575. The molecule has 1 N–H and O–H groups in total. The van der Waals surface area contributed by atoms with Crippen LogP contribution in [0.1, 0.15) is 37.1 Å². The Balaban J connectivity index is 1.55. The number of carbonyl (C=O) groups excluding carboxylic acids is 2. The highest BCUT2D eigenvalue weighted by atomic mass is 19.1. The maximum atomic E-state index is 14.1. The minimum atomic E-state index is -0.546. The van der Waals surface area contributed by atoms with Crippen molar-refractivity contribution in [1.29, 1.82) is 0 Å². The number of carbonyl (C=O) groups is 2. The second-order valence-corrected chi connectivity index (χ2v) is 8.40. The molecule has 0 spiro atoms. The number of hydrogen-bond acceptors (Lipinski definition) is 4. The lowest BCUT2D eigenvalue weighted by atomic mass is 9.81. The third-order valence-corrected chi connectivity index (χ3v) is 5.94. The summed E-state index contributed by atoms with van der Waals surface area (Å²) >= 11 is 0. The summed E-state index contributed by atoms with van der Waals surface area (Å²) in [5, 5.41) is 3.76. The van der Waals surface area contributed by atoms with E-state index < -0.39 is 11.6 Å². The van der Waals surface area contributed by atoms with E-state index in [2.05, 4.69) is 5.32 Å². The number of aromatic nitrogens is 1. The van der Waals surface area contributed by atoms with Crippen LogP contribution in [0.4, 0.5) is 9.18 Å². The Hall–Kier alpha value is -3.35. The highest BCUT2D eigenvalue weighted by Gasteiger charge is 2.35. The molecule has 2 aromatic carbocycles. The standard InChI is InChI=1S/C25H27FN2O4/c1-3-31-23(29)15-28-21-10-9-18(26)13-19(21)20-14-25(2,12-11-22(20)28)27-24(30)32-16-17-7-5-4-6-8-17/h4-10,13H,3,11-12,14-16H2,1-2H3,(H,27,30)/t25-/m1/s1. The van der Waals surface area contributed by atoms with Crippen molar-refractivity contribution in [2.45, 2.75) is 51.8 Å². The van der Waals surface area contributed by atoms with Crippen LogP contribution in [-0.2, 0) is 40.3 Å². The minimum absolute atomic E-state index is 0.0779. The van der Waals surface area contributed by atoms with Crippen molar-refractivity contribution < 1.29 is 23.5 Å². The number of rotatable bonds is 6. The molecule has 1 aromatic heterocycles. The van der Waals surface area contributed by atoms with Gasteiger partial charge < -0.3 is 19.4 Å². The summed E-state index contributed by atoms with van der Waals surface area (Å²) in [6.07, 6.45) is 1.34. The molecule has 4 rings (SSSR count). The van der Waals surface area contributed by atoms with Crippen molar-refractivity contribution in [1.82, 2.24) is 9.88 Å². The average Bonchev–Trinajstić information content (AvgIpc) is 3.04. The van der Waals surface area contributed by atoms with Crippen LogP contribution in [0.2, 0.25) is 0 Å². The number of amides is 1. The van der Waals surface area contributed by atoms with Crippen LogP contribution in [0.15, 0.2) is 48.5 Å². The van der Waals surface area contributed by atoms with Crippen molar-refractivity contribution in [3.8, 4) is 0 Å². The van der Waals surface area contributed by atoms with E-state index >= 15 is 0 Å². The fourth-order valence-corrected chi connectivity index (χ4v) is 4.43. The number of fused-ring (bicyclic) bond motifs is 3. The Bertz CT molecular complexity index is 1140. The molecule has 0 unspecified atom stereocenters. The Morgan fingerprint density at radius 1 is 1.16 bits per heavy atom. The monoisotopic (exact) mass is 438 g/mol. The number of esters is 1. The molecule has 32 heavy (non-hydrogen) atoms. The first-order valence-corrected chi connectivity index (χ1v) is 10.8. The molecule has 1 atom stereocenters. The van der Waals surface area contributed by atoms with Gasteiger partial charge in [-0.05, 0) is 62.4 Å². The van der Waals surface area contributed by atoms with Crippen LogP contribution in [0, 0.1) is 5.82 Å². The third kappa shape index (κ3) is 4.61. The molecule has 0 fully saturated rings. The van der Waals surface area contributed by atoms with Gasteiger partial charge in [-0.1, -0.05) is 30.3 Å². The molecule has 1 aliphatic carbocycles. The van der Waals surface area contributed by atoms with Crippen LogP contribution in [-0.4, -0.2) is 28.8 Å². The average molecular weight is 438 g/mol. The second-order valence-electron chi connectivity index (χ2n) is 8.40. The summed E-state index contributed by atoms with van der Waals surface area (Å²) in [5.74, 6) is -0.663. The van der Waals surface area contributed by atoms with Crippen LogP contribution < -0.4 is 5.32 Å². The van der Waals surface area contributed by atoms with Gasteiger partial charge in [0.15, 0.2) is 0 Å². The normalized spacial score (nSPS) is 17.6. The summed E-state index contributed by atoms with van der Waals surface area (Å²) < 4.78 is 26.5. The van der Waals surface area contributed by atoms with Gasteiger partial charge in [0.2, 0.25) is 0 Å². The molecule has 0 bridgehead atoms. The predicted octanol–water partition coefficient (Wildman–Crippen LogP) is 4.52. The molecule has 1 heterocycles. The number of hydrogen-bond donors (Lipinski definition) is 1. The van der Waals surface area contributed by atoms with Crippen LogP contribution in [0.3, 0.4) is 0 Å². The molecule has 0 saturated heterocycles. The summed E-state index contributed by atoms with van der Waals surface area (Å²) in [4.78, 5) is 24.7. The first-order valence-electron chi connectivity index (χ1n) is 10.8. The molecule has 0 saturated carbocycles. The smallest absolute Gasteiger partial charge is 0.407 e. The fourth-order valence-electron chi connectivity index (χ4n) is 4.43. The summed E-state index contributed by atoms with van der Waals surface area (Å²) in [6.45, 7) is 4.31. The van der Waals surface area contributed by atoms with Gasteiger partial charge in [0.25, 0.3) is 0 Å². The molecule has 0 radical (unpaired) electrons. The van der Waals surface area contributed by atoms with Gasteiger partial charge in [0.1, 0.15) is 19.0 Å². The fraction of sp³-hybridized carbons (Fsp3) is 0.360. The summed E-state index contributed by atoms with van der Waals surface area (Å²) in [5.41, 5.74) is 3.09. The van der Waals surface area contributed by atoms with E-state index in [9.17, 15) is 14.0 Å². The van der Waals surface area contributed by atoms with Crippen molar-refractivity contribution in [2.24, 2.45) is 0 Å². The number of alkyl carbamates (subject to hydrolysis) is 1. The highest BCUT2D eigenvalue weighted by molar-refractivity contribution is 5.87. The van der Waals surface area contributed by atoms with Gasteiger partial charge in [0, 0.05) is 22.1 Å². The molecule has 6 nitrogen and oxygen atoms in total. The van der Waals surface area contributed by atoms with Gasteiger partial charge >= 0.3 is 12.1 Å². The van der Waals surface area contributed by atoms with Crippen LogP contribution >= 0.6 is 0 Å². The number of nitrogens with zero attached hydrogens (tertiary/aromatic N) is 1. The molecule has 1 amide bonds. The Labute approximate surface area is 186 Å². The van der Waals surface area contributed by atoms with E-state index in [1.165, 1.54) is 12.1 Å². The predicted molar refractivity (Wildman–Crippen MR) is 119 cm³/mol. The van der Waals surface area contributed by atoms with E-state index in [1.54, 1.807) is 13.0 Å². The highest BCUT2D eigenvalue weighted by Crippen LogP contribution is 2.36. The van der Waals surface area contributed by atoms with E-state index in [0.29, 0.717) is 25.9 Å². The van der Waals surface area contributed by atoms with E-state index in [1.807, 2.05) is 41.8 Å². The summed E-state index contributed by atoms with van der Waals surface area (Å²) in [6, 6.07) is 14.1. The zero-order valence-electron chi connectivity index (χ0n) is 18.3. The zero-order valence-corrected chi connectivity index (χ0v) is 18.3. The van der Waals surface area contributed by atoms with E-state index in [0.717, 1.165) is 27.7 Å². The van der Waals surface area contributed by atoms with Crippen molar-refractivity contribution in [3.05, 3.63) is 71.2 Å². The Morgan fingerprint density at radius 3 is 2.69 bits per heavy atom. The number of benzene rings is 2.